The number of carbonyl (C=O) groups excluding carboxylic acids is 1. The number of ether oxygens (including phenoxy) is 3. The molecule has 2 aromatic rings. The Labute approximate surface area is 153 Å². The molecule has 0 aliphatic rings. The summed E-state index contributed by atoms with van der Waals surface area (Å²) in [6.07, 6.45) is 1.51. The monoisotopic (exact) mass is 356 g/mol. The van der Waals surface area contributed by atoms with E-state index in [-0.39, 0.29) is 12.5 Å². The van der Waals surface area contributed by atoms with Crippen molar-refractivity contribution in [2.45, 2.75) is 19.8 Å². The maximum atomic E-state index is 11.9. The first-order valence-corrected chi connectivity index (χ1v) is 8.30. The molecule has 0 saturated heterocycles. The highest BCUT2D eigenvalue weighted by atomic mass is 16.5. The molecule has 0 spiro atoms. The molecule has 6 heteroatoms. The highest BCUT2D eigenvalue weighted by Gasteiger charge is 2.09. The molecule has 0 unspecified atom stereocenters. The van der Waals surface area contributed by atoms with Gasteiger partial charge in [0.2, 0.25) is 0 Å². The highest BCUT2D eigenvalue weighted by molar-refractivity contribution is 5.85. The largest absolute Gasteiger partial charge is 0.497 e. The van der Waals surface area contributed by atoms with Crippen LogP contribution in [0.1, 0.15) is 30.9 Å². The van der Waals surface area contributed by atoms with Crippen LogP contribution in [0.2, 0.25) is 0 Å². The van der Waals surface area contributed by atoms with E-state index in [0.29, 0.717) is 23.2 Å². The summed E-state index contributed by atoms with van der Waals surface area (Å²) in [5.74, 6) is 1.96. The van der Waals surface area contributed by atoms with Gasteiger partial charge in [-0.3, -0.25) is 4.79 Å². The van der Waals surface area contributed by atoms with Crippen LogP contribution in [-0.2, 0) is 4.79 Å². The van der Waals surface area contributed by atoms with Gasteiger partial charge in [0.05, 0.1) is 20.4 Å². The molecule has 0 bridgehead atoms. The molecule has 138 valence electrons. The van der Waals surface area contributed by atoms with Crippen LogP contribution in [-0.4, -0.2) is 32.9 Å². The van der Waals surface area contributed by atoms with E-state index in [1.165, 1.54) is 6.21 Å². The SMILES string of the molecule is COc1ccc(/C=N/NC(=O)COc2ccccc2C(C)C)c(OC)c1. The summed E-state index contributed by atoms with van der Waals surface area (Å²) in [5.41, 5.74) is 4.23. The summed E-state index contributed by atoms with van der Waals surface area (Å²) < 4.78 is 16.0. The fraction of sp³-hybridized carbons (Fsp3) is 0.300. The van der Waals surface area contributed by atoms with Gasteiger partial charge in [0.1, 0.15) is 17.2 Å². The molecular formula is C20H24N2O4. The van der Waals surface area contributed by atoms with Gasteiger partial charge in [-0.05, 0) is 29.7 Å². The molecule has 6 nitrogen and oxygen atoms in total. The lowest BCUT2D eigenvalue weighted by Crippen LogP contribution is -2.24. The topological polar surface area (TPSA) is 69.2 Å². The first-order valence-electron chi connectivity index (χ1n) is 8.30. The summed E-state index contributed by atoms with van der Waals surface area (Å²) >= 11 is 0. The van der Waals surface area contributed by atoms with Crippen molar-refractivity contribution >= 4 is 12.1 Å². The summed E-state index contributed by atoms with van der Waals surface area (Å²) in [4.78, 5) is 11.9. The van der Waals surface area contributed by atoms with Gasteiger partial charge in [-0.15, -0.1) is 0 Å². The van der Waals surface area contributed by atoms with Gasteiger partial charge in [0, 0.05) is 11.6 Å². The zero-order valence-electron chi connectivity index (χ0n) is 15.5. The Morgan fingerprint density at radius 3 is 2.58 bits per heavy atom. The first kappa shape index (κ1) is 19.3. The molecule has 0 fully saturated rings. The predicted molar refractivity (Wildman–Crippen MR) is 101 cm³/mol. The van der Waals surface area contributed by atoms with Gasteiger partial charge in [0.15, 0.2) is 6.61 Å². The lowest BCUT2D eigenvalue weighted by atomic mass is 10.0. The maximum Gasteiger partial charge on any atom is 0.277 e. The molecule has 0 radical (unpaired) electrons. The Morgan fingerprint density at radius 2 is 1.88 bits per heavy atom. The van der Waals surface area contributed by atoms with E-state index in [9.17, 15) is 4.79 Å². The van der Waals surface area contributed by atoms with Gasteiger partial charge < -0.3 is 14.2 Å². The van der Waals surface area contributed by atoms with Gasteiger partial charge in [0.25, 0.3) is 5.91 Å². The Hall–Kier alpha value is -3.02. The first-order chi connectivity index (χ1) is 12.5. The van der Waals surface area contributed by atoms with E-state index >= 15 is 0 Å². The molecule has 2 rings (SSSR count). The van der Waals surface area contributed by atoms with Crippen LogP contribution in [0.25, 0.3) is 0 Å². The molecule has 2 aromatic carbocycles. The Balaban J connectivity index is 1.92. The molecule has 0 aliphatic heterocycles. The number of para-hydroxylation sites is 1. The van der Waals surface area contributed by atoms with E-state index in [1.807, 2.05) is 24.3 Å². The third-order valence-corrected chi connectivity index (χ3v) is 3.73. The quantitative estimate of drug-likeness (QED) is 0.582. The average Bonchev–Trinajstić information content (AvgIpc) is 2.66. The second kappa shape index (κ2) is 9.46. The standard InChI is InChI=1S/C20H24N2O4/c1-14(2)17-7-5-6-8-18(17)26-13-20(23)22-21-12-15-9-10-16(24-3)11-19(15)25-4/h5-12,14H,13H2,1-4H3,(H,22,23)/b21-12+. The van der Waals surface area contributed by atoms with Crippen molar-refractivity contribution in [2.24, 2.45) is 5.10 Å². The highest BCUT2D eigenvalue weighted by Crippen LogP contribution is 2.25. The van der Waals surface area contributed by atoms with Crippen molar-refractivity contribution in [1.29, 1.82) is 0 Å². The number of nitrogens with zero attached hydrogens (tertiary/aromatic N) is 1. The summed E-state index contributed by atoms with van der Waals surface area (Å²) in [5, 5.41) is 3.95. The van der Waals surface area contributed by atoms with Gasteiger partial charge in [-0.25, -0.2) is 5.43 Å². The molecule has 0 aromatic heterocycles. The normalized spacial score (nSPS) is 10.8. The second-order valence-corrected chi connectivity index (χ2v) is 5.88. The molecule has 1 amide bonds. The van der Waals surface area contributed by atoms with Gasteiger partial charge in [-0.1, -0.05) is 32.0 Å². The lowest BCUT2D eigenvalue weighted by Gasteiger charge is -2.13. The van der Waals surface area contributed by atoms with Crippen LogP contribution >= 0.6 is 0 Å². The van der Waals surface area contributed by atoms with Crippen LogP contribution in [0.3, 0.4) is 0 Å². The number of methoxy groups -OCH3 is 2. The second-order valence-electron chi connectivity index (χ2n) is 5.88. The minimum Gasteiger partial charge on any atom is -0.497 e. The number of nitrogens with one attached hydrogen (secondary N) is 1. The van der Waals surface area contributed by atoms with Crippen molar-refractivity contribution in [2.75, 3.05) is 20.8 Å². The lowest BCUT2D eigenvalue weighted by molar-refractivity contribution is -0.123. The van der Waals surface area contributed by atoms with Crippen LogP contribution in [0.15, 0.2) is 47.6 Å². The Kier molecular flexibility index (Phi) is 7.02. The summed E-state index contributed by atoms with van der Waals surface area (Å²) in [6.45, 7) is 4.05. The van der Waals surface area contributed by atoms with E-state index < -0.39 is 0 Å². The third kappa shape index (κ3) is 5.24. The van der Waals surface area contributed by atoms with Crippen LogP contribution < -0.4 is 19.6 Å². The number of rotatable bonds is 8. The van der Waals surface area contributed by atoms with Crippen molar-refractivity contribution < 1.29 is 19.0 Å². The van der Waals surface area contributed by atoms with Crippen molar-refractivity contribution in [1.82, 2.24) is 5.43 Å². The molecule has 1 N–H and O–H groups in total. The van der Waals surface area contributed by atoms with E-state index in [4.69, 9.17) is 14.2 Å². The third-order valence-electron chi connectivity index (χ3n) is 3.73. The molecule has 0 heterocycles. The predicted octanol–water partition coefficient (Wildman–Crippen LogP) is 3.36. The van der Waals surface area contributed by atoms with Crippen molar-refractivity contribution in [3.63, 3.8) is 0 Å². The van der Waals surface area contributed by atoms with E-state index in [1.54, 1.807) is 32.4 Å². The van der Waals surface area contributed by atoms with Crippen LogP contribution in [0, 0.1) is 0 Å². The fourth-order valence-corrected chi connectivity index (χ4v) is 2.36. The number of hydrogen-bond acceptors (Lipinski definition) is 5. The van der Waals surface area contributed by atoms with E-state index in [2.05, 4.69) is 24.4 Å². The minimum atomic E-state index is -0.340. The minimum absolute atomic E-state index is 0.110. The van der Waals surface area contributed by atoms with Gasteiger partial charge in [-0.2, -0.15) is 5.10 Å². The van der Waals surface area contributed by atoms with Crippen molar-refractivity contribution in [3.05, 3.63) is 53.6 Å². The zero-order chi connectivity index (χ0) is 18.9. The number of hydrogen-bond donors (Lipinski definition) is 1. The molecular weight excluding hydrogens is 332 g/mol. The summed E-state index contributed by atoms with van der Waals surface area (Å²) in [7, 11) is 3.14. The molecule has 0 atom stereocenters. The maximum absolute atomic E-state index is 11.9. The molecule has 0 saturated carbocycles. The Bertz CT molecular complexity index is 772. The van der Waals surface area contributed by atoms with Crippen LogP contribution in [0.5, 0.6) is 17.2 Å². The van der Waals surface area contributed by atoms with Gasteiger partial charge >= 0.3 is 0 Å². The zero-order valence-corrected chi connectivity index (χ0v) is 15.5. The fourth-order valence-electron chi connectivity index (χ4n) is 2.36. The number of amides is 1. The van der Waals surface area contributed by atoms with Crippen LogP contribution in [0.4, 0.5) is 0 Å². The van der Waals surface area contributed by atoms with E-state index in [0.717, 1.165) is 11.1 Å². The Morgan fingerprint density at radius 1 is 1.12 bits per heavy atom. The summed E-state index contributed by atoms with van der Waals surface area (Å²) in [6, 6.07) is 13.0. The molecule has 26 heavy (non-hydrogen) atoms. The average molecular weight is 356 g/mol. The number of carbonyl (C=O) groups is 1. The smallest absolute Gasteiger partial charge is 0.277 e. The molecule has 0 aliphatic carbocycles. The van der Waals surface area contributed by atoms with Crippen molar-refractivity contribution in [3.8, 4) is 17.2 Å². The number of benzene rings is 2. The number of hydrazone groups is 1.